The molecule has 0 radical (unpaired) electrons. The van der Waals surface area contributed by atoms with Crippen LogP contribution in [-0.2, 0) is 16.2 Å². The summed E-state index contributed by atoms with van der Waals surface area (Å²) in [6, 6.07) is 8.49. The van der Waals surface area contributed by atoms with E-state index >= 15 is 0 Å². The van der Waals surface area contributed by atoms with Gasteiger partial charge in [-0.2, -0.15) is 5.48 Å². The molecule has 2 aromatic carbocycles. The minimum atomic E-state index is -4.76. The summed E-state index contributed by atoms with van der Waals surface area (Å²) < 4.78 is 41.2. The second kappa shape index (κ2) is 8.88. The lowest BCUT2D eigenvalue weighted by molar-refractivity contribution is -0.274. The highest BCUT2D eigenvalue weighted by atomic mass is 79.9. The fourth-order valence-electron chi connectivity index (χ4n) is 2.49. The van der Waals surface area contributed by atoms with Crippen LogP contribution >= 0.6 is 31.9 Å². The van der Waals surface area contributed by atoms with Gasteiger partial charge in [0.15, 0.2) is 0 Å². The van der Waals surface area contributed by atoms with Crippen molar-refractivity contribution in [3.63, 3.8) is 0 Å². The molecular formula is C17H14Br2F3N3O4. The van der Waals surface area contributed by atoms with Crippen LogP contribution in [0.4, 0.5) is 13.2 Å². The van der Waals surface area contributed by atoms with Crippen molar-refractivity contribution >= 4 is 37.8 Å². The first kappa shape index (κ1) is 21.8. The number of ether oxygens (including phenoxy) is 1. The van der Waals surface area contributed by atoms with Gasteiger partial charge in [0.25, 0.3) is 5.91 Å². The zero-order chi connectivity index (χ0) is 21.2. The Morgan fingerprint density at radius 1 is 1.21 bits per heavy atom. The molecule has 0 saturated carbocycles. The third kappa shape index (κ3) is 5.82. The van der Waals surface area contributed by atoms with Crippen molar-refractivity contribution in [2.24, 2.45) is 0 Å². The Morgan fingerprint density at radius 3 is 2.41 bits per heavy atom. The number of aromatic hydroxyl groups is 1. The molecule has 156 valence electrons. The summed E-state index contributed by atoms with van der Waals surface area (Å²) in [7, 11) is 0. The molecule has 1 aliphatic rings. The molecule has 1 amide bonds. The highest BCUT2D eigenvalue weighted by Gasteiger charge is 2.32. The van der Waals surface area contributed by atoms with Gasteiger partial charge < -0.3 is 15.2 Å². The number of halogens is 5. The van der Waals surface area contributed by atoms with Crippen LogP contribution in [0.5, 0.6) is 11.5 Å². The van der Waals surface area contributed by atoms with Crippen LogP contribution in [0.2, 0.25) is 0 Å². The van der Waals surface area contributed by atoms with E-state index in [0.717, 1.165) is 12.1 Å². The maximum absolute atomic E-state index is 12.3. The molecule has 12 heteroatoms. The Hall–Kier alpha value is -1.86. The summed E-state index contributed by atoms with van der Waals surface area (Å²) in [6.07, 6.45) is -6.25. The van der Waals surface area contributed by atoms with Gasteiger partial charge in [-0.3, -0.25) is 14.9 Å². The standard InChI is InChI=1S/C17H14Br2F3N3O4/c18-11-5-9(6-12(19)13(11)26)14-24-16(29-25-14)15(27)23-7-8-1-3-10(4-2-8)28-17(20,21)22/h1-6,14,16,24-26H,7H2,(H,23,27). The number of phenols is 1. The normalized spacial score (nSPS) is 19.2. The lowest BCUT2D eigenvalue weighted by Gasteiger charge is -2.13. The topological polar surface area (TPSA) is 91.9 Å². The van der Waals surface area contributed by atoms with Crippen LogP contribution in [0.25, 0.3) is 0 Å². The second-order valence-electron chi connectivity index (χ2n) is 5.96. The largest absolute Gasteiger partial charge is 0.573 e. The number of alkyl halides is 3. The summed E-state index contributed by atoms with van der Waals surface area (Å²) in [6.45, 7) is 0.0909. The third-order valence-corrected chi connectivity index (χ3v) is 5.07. The lowest BCUT2D eigenvalue weighted by atomic mass is 10.1. The molecule has 7 nitrogen and oxygen atoms in total. The van der Waals surface area contributed by atoms with Crippen LogP contribution in [0, 0.1) is 0 Å². The Bertz CT molecular complexity index is 873. The summed E-state index contributed by atoms with van der Waals surface area (Å²) in [4.78, 5) is 17.5. The Balaban J connectivity index is 1.53. The van der Waals surface area contributed by atoms with Gasteiger partial charge in [-0.15, -0.1) is 13.2 Å². The molecule has 1 heterocycles. The first-order valence-electron chi connectivity index (χ1n) is 8.10. The van der Waals surface area contributed by atoms with E-state index in [-0.39, 0.29) is 18.0 Å². The zero-order valence-electron chi connectivity index (χ0n) is 14.4. The molecule has 0 spiro atoms. The fourth-order valence-corrected chi connectivity index (χ4v) is 3.71. The average Bonchev–Trinajstić information content (AvgIpc) is 3.14. The molecule has 4 N–H and O–H groups in total. The predicted molar refractivity (Wildman–Crippen MR) is 102 cm³/mol. The molecule has 2 unspecified atom stereocenters. The maximum Gasteiger partial charge on any atom is 0.573 e. The molecule has 3 rings (SSSR count). The zero-order valence-corrected chi connectivity index (χ0v) is 17.6. The smallest absolute Gasteiger partial charge is 0.506 e. The molecule has 0 bridgehead atoms. The van der Waals surface area contributed by atoms with E-state index < -0.39 is 24.7 Å². The summed E-state index contributed by atoms with van der Waals surface area (Å²) in [5, 5.41) is 15.3. The third-order valence-electron chi connectivity index (χ3n) is 3.86. The van der Waals surface area contributed by atoms with Gasteiger partial charge in [0.05, 0.1) is 8.95 Å². The number of rotatable bonds is 5. The minimum absolute atomic E-state index is 0.0496. The van der Waals surface area contributed by atoms with Gasteiger partial charge in [0, 0.05) is 6.54 Å². The fraction of sp³-hybridized carbons (Fsp3) is 0.235. The molecular weight excluding hydrogens is 527 g/mol. The second-order valence-corrected chi connectivity index (χ2v) is 7.67. The molecule has 1 saturated heterocycles. The highest BCUT2D eigenvalue weighted by molar-refractivity contribution is 9.11. The van der Waals surface area contributed by atoms with Crippen molar-refractivity contribution in [3.05, 3.63) is 56.5 Å². The number of amides is 1. The SMILES string of the molecule is O=C(NCc1ccc(OC(F)(F)F)cc1)C1NC(c2cc(Br)c(O)c(Br)c2)NO1. The molecule has 0 aliphatic carbocycles. The Kier molecular flexibility index (Phi) is 6.69. The van der Waals surface area contributed by atoms with Crippen LogP contribution in [0.15, 0.2) is 45.3 Å². The van der Waals surface area contributed by atoms with E-state index in [4.69, 9.17) is 4.84 Å². The van der Waals surface area contributed by atoms with Gasteiger partial charge in [0.2, 0.25) is 6.23 Å². The number of phenolic OH excluding ortho intramolecular Hbond substituents is 1. The average molecular weight is 541 g/mol. The number of hydrogen-bond acceptors (Lipinski definition) is 6. The van der Waals surface area contributed by atoms with Crippen molar-refractivity contribution in [1.29, 1.82) is 0 Å². The molecule has 29 heavy (non-hydrogen) atoms. The van der Waals surface area contributed by atoms with Crippen molar-refractivity contribution in [2.45, 2.75) is 25.3 Å². The summed E-state index contributed by atoms with van der Waals surface area (Å²) in [5.74, 6) is -0.757. The van der Waals surface area contributed by atoms with Crippen LogP contribution < -0.4 is 20.9 Å². The van der Waals surface area contributed by atoms with E-state index in [1.54, 1.807) is 12.1 Å². The van der Waals surface area contributed by atoms with Crippen molar-refractivity contribution < 1.29 is 32.6 Å². The van der Waals surface area contributed by atoms with Crippen LogP contribution in [0.1, 0.15) is 17.3 Å². The predicted octanol–water partition coefficient (Wildman–Crippen LogP) is 3.58. The van der Waals surface area contributed by atoms with Crippen molar-refractivity contribution in [3.8, 4) is 11.5 Å². The monoisotopic (exact) mass is 539 g/mol. The molecule has 0 aromatic heterocycles. The summed E-state index contributed by atoms with van der Waals surface area (Å²) >= 11 is 6.47. The van der Waals surface area contributed by atoms with E-state index in [1.165, 1.54) is 12.1 Å². The lowest BCUT2D eigenvalue weighted by Crippen LogP contribution is -2.41. The number of nitrogens with one attached hydrogen (secondary N) is 3. The molecule has 2 aromatic rings. The van der Waals surface area contributed by atoms with Gasteiger partial charge >= 0.3 is 6.36 Å². The van der Waals surface area contributed by atoms with Gasteiger partial charge in [-0.05, 0) is 67.3 Å². The minimum Gasteiger partial charge on any atom is -0.506 e. The first-order chi connectivity index (χ1) is 13.6. The van der Waals surface area contributed by atoms with Crippen LogP contribution in [-0.4, -0.2) is 23.6 Å². The molecule has 1 aliphatic heterocycles. The number of hydroxylamine groups is 1. The first-order valence-corrected chi connectivity index (χ1v) is 9.68. The number of benzene rings is 2. The number of carbonyl (C=O) groups is 1. The van der Waals surface area contributed by atoms with E-state index in [0.29, 0.717) is 20.1 Å². The number of carbonyl (C=O) groups excluding carboxylic acids is 1. The quantitative estimate of drug-likeness (QED) is 0.463. The van der Waals surface area contributed by atoms with E-state index in [2.05, 4.69) is 52.7 Å². The van der Waals surface area contributed by atoms with E-state index in [9.17, 15) is 23.1 Å². The Labute approximate surface area is 179 Å². The van der Waals surface area contributed by atoms with Gasteiger partial charge in [-0.1, -0.05) is 12.1 Å². The highest BCUT2D eigenvalue weighted by Crippen LogP contribution is 2.35. The van der Waals surface area contributed by atoms with Crippen LogP contribution in [0.3, 0.4) is 0 Å². The maximum atomic E-state index is 12.3. The Morgan fingerprint density at radius 2 is 1.83 bits per heavy atom. The van der Waals surface area contributed by atoms with Crippen molar-refractivity contribution in [2.75, 3.05) is 0 Å². The molecule has 2 atom stereocenters. The van der Waals surface area contributed by atoms with E-state index in [1.807, 2.05) is 0 Å². The number of hydrogen-bond donors (Lipinski definition) is 4. The van der Waals surface area contributed by atoms with Gasteiger partial charge in [0.1, 0.15) is 17.7 Å². The van der Waals surface area contributed by atoms with Gasteiger partial charge in [-0.25, -0.2) is 0 Å². The molecule has 1 fully saturated rings. The summed E-state index contributed by atoms with van der Waals surface area (Å²) in [5.41, 5.74) is 3.98. The van der Waals surface area contributed by atoms with Crippen molar-refractivity contribution in [1.82, 2.24) is 16.1 Å².